The molecule has 1 aromatic carbocycles. The van der Waals surface area contributed by atoms with E-state index in [1.807, 2.05) is 31.2 Å². The van der Waals surface area contributed by atoms with Crippen molar-refractivity contribution >= 4 is 17.3 Å². The van der Waals surface area contributed by atoms with Crippen molar-refractivity contribution in [1.29, 1.82) is 5.41 Å². The molecule has 1 saturated carbocycles. The van der Waals surface area contributed by atoms with Crippen LogP contribution < -0.4 is 5.32 Å². The number of nitrogens with one attached hydrogen (secondary N) is 2. The fraction of sp³-hybridized carbons (Fsp3) is 0.467. The van der Waals surface area contributed by atoms with E-state index >= 15 is 0 Å². The molecule has 1 amide bonds. The van der Waals surface area contributed by atoms with Gasteiger partial charge in [-0.05, 0) is 37.0 Å². The number of carbonyl (C=O) groups is 1. The van der Waals surface area contributed by atoms with E-state index in [9.17, 15) is 4.79 Å². The van der Waals surface area contributed by atoms with E-state index in [-0.39, 0.29) is 11.8 Å². The molecule has 0 bridgehead atoms. The molecular weight excluding hydrogens is 224 g/mol. The van der Waals surface area contributed by atoms with Gasteiger partial charge in [0.15, 0.2) is 0 Å². The molecule has 0 atom stereocenters. The molecule has 2 N–H and O–H groups in total. The van der Waals surface area contributed by atoms with E-state index in [2.05, 4.69) is 5.32 Å². The van der Waals surface area contributed by atoms with Crippen LogP contribution in [-0.4, -0.2) is 11.6 Å². The van der Waals surface area contributed by atoms with Gasteiger partial charge in [-0.15, -0.1) is 0 Å². The largest absolute Gasteiger partial charge is 0.326 e. The fourth-order valence-electron chi connectivity index (χ4n) is 2.39. The van der Waals surface area contributed by atoms with Gasteiger partial charge in [-0.3, -0.25) is 4.79 Å². The molecule has 0 saturated heterocycles. The number of carbonyl (C=O) groups excluding carboxylic acids is 1. The first kappa shape index (κ1) is 12.8. The minimum Gasteiger partial charge on any atom is -0.326 e. The molecule has 1 aliphatic carbocycles. The molecule has 1 aromatic rings. The standard InChI is InChI=1S/C15H20N2O/c1-2-14(16)11-7-9-13(10-8-11)17-15(18)12-5-3-4-6-12/h7-10,12,16H,2-6H2,1H3,(H,17,18). The van der Waals surface area contributed by atoms with Gasteiger partial charge < -0.3 is 10.7 Å². The Hall–Kier alpha value is -1.64. The van der Waals surface area contributed by atoms with E-state index in [4.69, 9.17) is 5.41 Å². The van der Waals surface area contributed by atoms with E-state index < -0.39 is 0 Å². The van der Waals surface area contributed by atoms with Crippen molar-refractivity contribution in [3.05, 3.63) is 29.8 Å². The van der Waals surface area contributed by atoms with Gasteiger partial charge in [-0.1, -0.05) is 31.9 Å². The van der Waals surface area contributed by atoms with E-state index in [0.29, 0.717) is 5.71 Å². The number of hydrogen-bond donors (Lipinski definition) is 2. The zero-order chi connectivity index (χ0) is 13.0. The number of hydrogen-bond acceptors (Lipinski definition) is 2. The first-order valence-corrected chi connectivity index (χ1v) is 6.69. The molecule has 18 heavy (non-hydrogen) atoms. The van der Waals surface area contributed by atoms with Gasteiger partial charge in [-0.2, -0.15) is 0 Å². The predicted octanol–water partition coefficient (Wildman–Crippen LogP) is 3.59. The summed E-state index contributed by atoms with van der Waals surface area (Å²) in [6.07, 6.45) is 5.11. The van der Waals surface area contributed by atoms with E-state index in [1.54, 1.807) is 0 Å². The highest BCUT2D eigenvalue weighted by molar-refractivity contribution is 5.99. The highest BCUT2D eigenvalue weighted by Gasteiger charge is 2.22. The molecule has 0 heterocycles. The Balaban J connectivity index is 1.97. The Morgan fingerprint density at radius 2 is 1.89 bits per heavy atom. The lowest BCUT2D eigenvalue weighted by atomic mass is 10.1. The van der Waals surface area contributed by atoms with Crippen molar-refractivity contribution in [3.63, 3.8) is 0 Å². The normalized spacial score (nSPS) is 15.6. The minimum atomic E-state index is 0.144. The van der Waals surface area contributed by atoms with Crippen molar-refractivity contribution < 1.29 is 4.79 Å². The lowest BCUT2D eigenvalue weighted by molar-refractivity contribution is -0.119. The molecule has 1 aliphatic rings. The summed E-state index contributed by atoms with van der Waals surface area (Å²) in [6, 6.07) is 7.56. The summed E-state index contributed by atoms with van der Waals surface area (Å²) in [5, 5.41) is 10.7. The first-order chi connectivity index (χ1) is 8.70. The Kier molecular flexibility index (Phi) is 4.13. The van der Waals surface area contributed by atoms with E-state index in [1.165, 1.54) is 12.8 Å². The summed E-state index contributed by atoms with van der Waals surface area (Å²) in [5.41, 5.74) is 2.39. The quantitative estimate of drug-likeness (QED) is 0.781. The maximum absolute atomic E-state index is 11.9. The Morgan fingerprint density at radius 1 is 1.28 bits per heavy atom. The third-order valence-corrected chi connectivity index (χ3v) is 3.58. The molecule has 1 fully saturated rings. The van der Waals surface area contributed by atoms with Crippen molar-refractivity contribution in [2.24, 2.45) is 5.92 Å². The van der Waals surface area contributed by atoms with Crippen molar-refractivity contribution in [2.75, 3.05) is 5.32 Å². The molecule has 3 nitrogen and oxygen atoms in total. The Bertz CT molecular complexity index is 430. The molecule has 0 spiro atoms. The Morgan fingerprint density at radius 3 is 2.44 bits per heavy atom. The summed E-state index contributed by atoms with van der Waals surface area (Å²) < 4.78 is 0. The minimum absolute atomic E-state index is 0.144. The molecule has 0 aromatic heterocycles. The molecule has 96 valence electrons. The van der Waals surface area contributed by atoms with Gasteiger partial charge in [0, 0.05) is 17.3 Å². The number of amides is 1. The average molecular weight is 244 g/mol. The van der Waals surface area contributed by atoms with Gasteiger partial charge in [0.1, 0.15) is 0 Å². The van der Waals surface area contributed by atoms with Crippen LogP contribution >= 0.6 is 0 Å². The SMILES string of the molecule is CCC(=N)c1ccc(NC(=O)C2CCCC2)cc1. The Labute approximate surface area is 108 Å². The summed E-state index contributed by atoms with van der Waals surface area (Å²) in [6.45, 7) is 1.97. The van der Waals surface area contributed by atoms with Gasteiger partial charge in [0.05, 0.1) is 0 Å². The maximum Gasteiger partial charge on any atom is 0.227 e. The zero-order valence-corrected chi connectivity index (χ0v) is 10.8. The van der Waals surface area contributed by atoms with Crippen LogP contribution in [0.3, 0.4) is 0 Å². The summed E-state index contributed by atoms with van der Waals surface area (Å²) in [5.74, 6) is 0.337. The lowest BCUT2D eigenvalue weighted by Gasteiger charge is -2.10. The second-order valence-electron chi connectivity index (χ2n) is 4.88. The van der Waals surface area contributed by atoms with Crippen molar-refractivity contribution in [2.45, 2.75) is 39.0 Å². The van der Waals surface area contributed by atoms with Crippen molar-refractivity contribution in [3.8, 4) is 0 Å². The molecular formula is C15H20N2O. The van der Waals surface area contributed by atoms with E-state index in [0.717, 1.165) is 30.5 Å². The van der Waals surface area contributed by atoms with Crippen LogP contribution in [-0.2, 0) is 4.79 Å². The number of anilines is 1. The topological polar surface area (TPSA) is 53.0 Å². The van der Waals surface area contributed by atoms with Crippen LogP contribution in [0.2, 0.25) is 0 Å². The fourth-order valence-corrected chi connectivity index (χ4v) is 2.39. The molecule has 0 radical (unpaired) electrons. The third kappa shape index (κ3) is 2.97. The summed E-state index contributed by atoms with van der Waals surface area (Å²) in [7, 11) is 0. The van der Waals surface area contributed by atoms with Crippen LogP contribution in [0.15, 0.2) is 24.3 Å². The highest BCUT2D eigenvalue weighted by atomic mass is 16.1. The smallest absolute Gasteiger partial charge is 0.227 e. The van der Waals surface area contributed by atoms with Crippen LogP contribution in [0.4, 0.5) is 5.69 Å². The number of benzene rings is 1. The van der Waals surface area contributed by atoms with Crippen molar-refractivity contribution in [1.82, 2.24) is 0 Å². The maximum atomic E-state index is 11.9. The van der Waals surface area contributed by atoms with Gasteiger partial charge in [-0.25, -0.2) is 0 Å². The molecule has 3 heteroatoms. The summed E-state index contributed by atoms with van der Waals surface area (Å²) in [4.78, 5) is 11.9. The van der Waals surface area contributed by atoms with Gasteiger partial charge in [0.2, 0.25) is 5.91 Å². The molecule has 0 unspecified atom stereocenters. The second-order valence-corrected chi connectivity index (χ2v) is 4.88. The van der Waals surface area contributed by atoms with Crippen LogP contribution in [0.1, 0.15) is 44.6 Å². The monoisotopic (exact) mass is 244 g/mol. The van der Waals surface area contributed by atoms with Gasteiger partial charge in [0.25, 0.3) is 0 Å². The number of rotatable bonds is 4. The van der Waals surface area contributed by atoms with Gasteiger partial charge >= 0.3 is 0 Å². The second kappa shape index (κ2) is 5.80. The zero-order valence-electron chi connectivity index (χ0n) is 10.8. The predicted molar refractivity (Wildman–Crippen MR) is 74.1 cm³/mol. The molecule has 0 aliphatic heterocycles. The first-order valence-electron chi connectivity index (χ1n) is 6.69. The van der Waals surface area contributed by atoms with Crippen LogP contribution in [0.5, 0.6) is 0 Å². The molecule has 2 rings (SSSR count). The van der Waals surface area contributed by atoms with Crippen LogP contribution in [0.25, 0.3) is 0 Å². The highest BCUT2D eigenvalue weighted by Crippen LogP contribution is 2.26. The summed E-state index contributed by atoms with van der Waals surface area (Å²) >= 11 is 0. The third-order valence-electron chi connectivity index (χ3n) is 3.58. The average Bonchev–Trinajstić information content (AvgIpc) is 2.92. The lowest BCUT2D eigenvalue weighted by Crippen LogP contribution is -2.20. The van der Waals surface area contributed by atoms with Crippen LogP contribution in [0, 0.1) is 11.3 Å².